The summed E-state index contributed by atoms with van der Waals surface area (Å²) in [5.74, 6) is -0.378. The monoisotopic (exact) mass is 433 g/mol. The van der Waals surface area contributed by atoms with Gasteiger partial charge in [0, 0.05) is 35.1 Å². The fourth-order valence-corrected chi connectivity index (χ4v) is 4.76. The van der Waals surface area contributed by atoms with Crippen molar-refractivity contribution in [1.29, 1.82) is 0 Å². The molecule has 0 bridgehead atoms. The minimum atomic E-state index is -0.378. The zero-order chi connectivity index (χ0) is 20.0. The SMILES string of the molecule is Cc1ccc(Cl)cc1N1C(=O)CC(c2cccc(Cl)c2Cl)C2=C1CCCC2=O. The summed E-state index contributed by atoms with van der Waals surface area (Å²) in [6.07, 6.45) is 2.02. The van der Waals surface area contributed by atoms with E-state index in [-0.39, 0.29) is 24.0 Å². The number of ketones is 1. The minimum absolute atomic E-state index is 0.0690. The Morgan fingerprint density at radius 2 is 1.82 bits per heavy atom. The average Bonchev–Trinajstić information content (AvgIpc) is 2.66. The molecule has 2 aromatic rings. The highest BCUT2D eigenvalue weighted by Gasteiger charge is 2.40. The van der Waals surface area contributed by atoms with E-state index in [1.54, 1.807) is 29.2 Å². The largest absolute Gasteiger partial charge is 0.294 e. The Bertz CT molecular complexity index is 1030. The maximum Gasteiger partial charge on any atom is 0.232 e. The van der Waals surface area contributed by atoms with Gasteiger partial charge in [-0.1, -0.05) is 53.0 Å². The van der Waals surface area contributed by atoms with Crippen LogP contribution in [0.5, 0.6) is 0 Å². The van der Waals surface area contributed by atoms with Crippen LogP contribution in [-0.4, -0.2) is 11.7 Å². The molecular weight excluding hydrogens is 417 g/mol. The second-order valence-corrected chi connectivity index (χ2v) is 8.42. The standard InChI is InChI=1S/C22H18Cl3NO2/c1-12-8-9-13(23)10-18(12)26-17-6-3-7-19(27)21(17)15(11-20(26)28)14-4-2-5-16(24)22(14)25/h2,4-5,8-10,15H,3,6-7,11H2,1H3. The number of aryl methyl sites for hydroxylation is 1. The normalized spacial score (nSPS) is 19.9. The Kier molecular flexibility index (Phi) is 5.26. The van der Waals surface area contributed by atoms with Crippen LogP contribution >= 0.6 is 34.8 Å². The molecule has 6 heteroatoms. The fraction of sp³-hybridized carbons (Fsp3) is 0.273. The second-order valence-electron chi connectivity index (χ2n) is 7.20. The molecule has 0 spiro atoms. The van der Waals surface area contributed by atoms with Gasteiger partial charge >= 0.3 is 0 Å². The summed E-state index contributed by atoms with van der Waals surface area (Å²) in [6, 6.07) is 10.8. The highest BCUT2D eigenvalue weighted by Crippen LogP contribution is 2.46. The molecule has 3 nitrogen and oxygen atoms in total. The van der Waals surface area contributed by atoms with Crippen LogP contribution in [0.2, 0.25) is 15.1 Å². The first kappa shape index (κ1) is 19.5. The molecule has 2 aromatic carbocycles. The number of Topliss-reactive ketones (excluding diaryl/α,β-unsaturated/α-hetero) is 1. The van der Waals surface area contributed by atoms with Crippen molar-refractivity contribution in [3.63, 3.8) is 0 Å². The number of halogens is 3. The molecule has 4 rings (SSSR count). The molecule has 1 unspecified atom stereocenters. The van der Waals surface area contributed by atoms with Crippen molar-refractivity contribution >= 4 is 52.2 Å². The van der Waals surface area contributed by atoms with E-state index in [9.17, 15) is 9.59 Å². The number of carbonyl (C=O) groups is 2. The molecule has 144 valence electrons. The quantitative estimate of drug-likeness (QED) is 0.542. The Morgan fingerprint density at radius 1 is 1.04 bits per heavy atom. The van der Waals surface area contributed by atoms with Gasteiger partial charge in [-0.3, -0.25) is 14.5 Å². The number of rotatable bonds is 2. The van der Waals surface area contributed by atoms with Gasteiger partial charge in [-0.05, 0) is 49.1 Å². The van der Waals surface area contributed by atoms with E-state index in [1.165, 1.54) is 0 Å². The molecule has 0 N–H and O–H groups in total. The van der Waals surface area contributed by atoms with E-state index in [0.717, 1.165) is 28.9 Å². The molecule has 0 aromatic heterocycles. The molecule has 1 aliphatic carbocycles. The summed E-state index contributed by atoms with van der Waals surface area (Å²) in [5, 5.41) is 1.38. The lowest BCUT2D eigenvalue weighted by Crippen LogP contribution is -2.41. The number of hydrogen-bond donors (Lipinski definition) is 0. The van der Waals surface area contributed by atoms with Crippen LogP contribution in [0.1, 0.15) is 42.7 Å². The van der Waals surface area contributed by atoms with E-state index >= 15 is 0 Å². The van der Waals surface area contributed by atoms with Gasteiger partial charge in [0.05, 0.1) is 15.7 Å². The van der Waals surface area contributed by atoms with E-state index < -0.39 is 0 Å². The minimum Gasteiger partial charge on any atom is -0.294 e. The van der Waals surface area contributed by atoms with Crippen LogP contribution in [0.15, 0.2) is 47.7 Å². The van der Waals surface area contributed by atoms with Gasteiger partial charge in [0.2, 0.25) is 5.91 Å². The number of hydrogen-bond acceptors (Lipinski definition) is 2. The van der Waals surface area contributed by atoms with E-state index in [1.807, 2.05) is 19.1 Å². The summed E-state index contributed by atoms with van der Waals surface area (Å²) in [6.45, 7) is 1.93. The van der Waals surface area contributed by atoms with Gasteiger partial charge in [0.25, 0.3) is 0 Å². The number of carbonyl (C=O) groups excluding carboxylic acids is 2. The first-order valence-corrected chi connectivity index (χ1v) is 10.3. The fourth-order valence-electron chi connectivity index (χ4n) is 4.15. The van der Waals surface area contributed by atoms with Crippen molar-refractivity contribution in [1.82, 2.24) is 0 Å². The topological polar surface area (TPSA) is 37.4 Å². The number of anilines is 1. The number of nitrogens with zero attached hydrogens (tertiary/aromatic N) is 1. The molecule has 28 heavy (non-hydrogen) atoms. The predicted octanol–water partition coefficient (Wildman–Crippen LogP) is 6.48. The number of allylic oxidation sites excluding steroid dienone is 2. The Balaban J connectivity index is 1.92. The highest BCUT2D eigenvalue weighted by atomic mass is 35.5. The average molecular weight is 435 g/mol. The molecule has 1 aliphatic heterocycles. The van der Waals surface area contributed by atoms with E-state index in [2.05, 4.69) is 0 Å². The number of benzene rings is 2. The third-order valence-electron chi connectivity index (χ3n) is 5.44. The Hall–Kier alpha value is -1.81. The summed E-state index contributed by atoms with van der Waals surface area (Å²) in [5.41, 5.74) is 3.83. The summed E-state index contributed by atoms with van der Waals surface area (Å²) in [7, 11) is 0. The highest BCUT2D eigenvalue weighted by molar-refractivity contribution is 6.42. The van der Waals surface area contributed by atoms with Crippen LogP contribution in [0, 0.1) is 6.92 Å². The van der Waals surface area contributed by atoms with Crippen LogP contribution < -0.4 is 4.90 Å². The molecule has 1 amide bonds. The van der Waals surface area contributed by atoms with Crippen molar-refractivity contribution in [2.75, 3.05) is 4.90 Å². The van der Waals surface area contributed by atoms with Crippen LogP contribution in [-0.2, 0) is 9.59 Å². The Morgan fingerprint density at radius 3 is 2.61 bits per heavy atom. The van der Waals surface area contributed by atoms with Crippen molar-refractivity contribution in [3.05, 3.63) is 73.9 Å². The first-order valence-electron chi connectivity index (χ1n) is 9.17. The first-order chi connectivity index (χ1) is 13.4. The summed E-state index contributed by atoms with van der Waals surface area (Å²) >= 11 is 18.8. The summed E-state index contributed by atoms with van der Waals surface area (Å²) in [4.78, 5) is 27.9. The zero-order valence-electron chi connectivity index (χ0n) is 15.3. The van der Waals surface area contributed by atoms with Crippen molar-refractivity contribution in [2.24, 2.45) is 0 Å². The van der Waals surface area contributed by atoms with Crippen LogP contribution in [0.4, 0.5) is 5.69 Å². The molecule has 0 saturated carbocycles. The molecule has 0 radical (unpaired) electrons. The van der Waals surface area contributed by atoms with Gasteiger partial charge < -0.3 is 0 Å². The second kappa shape index (κ2) is 7.55. The third-order valence-corrected chi connectivity index (χ3v) is 6.51. The van der Waals surface area contributed by atoms with Gasteiger partial charge in [-0.2, -0.15) is 0 Å². The lowest BCUT2D eigenvalue weighted by molar-refractivity contribution is -0.119. The molecule has 0 fully saturated rings. The molecule has 0 saturated heterocycles. The van der Waals surface area contributed by atoms with Gasteiger partial charge in [-0.15, -0.1) is 0 Å². The Labute approximate surface area is 178 Å². The van der Waals surface area contributed by atoms with Crippen LogP contribution in [0.3, 0.4) is 0 Å². The van der Waals surface area contributed by atoms with Crippen LogP contribution in [0.25, 0.3) is 0 Å². The maximum atomic E-state index is 13.3. The van der Waals surface area contributed by atoms with Gasteiger partial charge in [0.1, 0.15) is 0 Å². The molecule has 2 aliphatic rings. The van der Waals surface area contributed by atoms with Gasteiger partial charge in [0.15, 0.2) is 5.78 Å². The van der Waals surface area contributed by atoms with Crippen molar-refractivity contribution < 1.29 is 9.59 Å². The van der Waals surface area contributed by atoms with Crippen molar-refractivity contribution in [2.45, 2.75) is 38.5 Å². The smallest absolute Gasteiger partial charge is 0.232 e. The predicted molar refractivity (Wildman–Crippen MR) is 113 cm³/mol. The molecular formula is C22H18Cl3NO2. The van der Waals surface area contributed by atoms with Gasteiger partial charge in [-0.25, -0.2) is 0 Å². The number of amides is 1. The lowest BCUT2D eigenvalue weighted by Gasteiger charge is -2.39. The third kappa shape index (κ3) is 3.26. The lowest BCUT2D eigenvalue weighted by atomic mass is 9.77. The summed E-state index contributed by atoms with van der Waals surface area (Å²) < 4.78 is 0. The zero-order valence-corrected chi connectivity index (χ0v) is 17.5. The molecule has 1 heterocycles. The van der Waals surface area contributed by atoms with E-state index in [4.69, 9.17) is 34.8 Å². The van der Waals surface area contributed by atoms with Crippen molar-refractivity contribution in [3.8, 4) is 0 Å². The van der Waals surface area contributed by atoms with E-state index in [0.29, 0.717) is 33.5 Å². The molecule has 1 atom stereocenters. The maximum absolute atomic E-state index is 13.3.